The van der Waals surface area contributed by atoms with Crippen LogP contribution in [0.15, 0.2) is 24.3 Å². The summed E-state index contributed by atoms with van der Waals surface area (Å²) in [6.45, 7) is 1.98. The lowest BCUT2D eigenvalue weighted by molar-refractivity contribution is -0.135. The van der Waals surface area contributed by atoms with Crippen molar-refractivity contribution >= 4 is 34.7 Å². The Hall–Kier alpha value is -1.13. The Morgan fingerprint density at radius 2 is 1.95 bits per heavy atom. The first-order valence-electron chi connectivity index (χ1n) is 6.21. The maximum Gasteiger partial charge on any atom is 0.235 e. The highest BCUT2D eigenvalue weighted by molar-refractivity contribution is 7.80. The number of amides is 1. The number of benzene rings is 1. The Balaban J connectivity index is 2.15. The van der Waals surface area contributed by atoms with Crippen molar-refractivity contribution in [2.75, 3.05) is 7.05 Å². The lowest BCUT2D eigenvalue weighted by Crippen LogP contribution is -2.41. The van der Waals surface area contributed by atoms with E-state index < -0.39 is 5.41 Å². The predicted molar refractivity (Wildman–Crippen MR) is 81.1 cm³/mol. The zero-order valence-electron chi connectivity index (χ0n) is 11.0. The first kappa shape index (κ1) is 14.3. The van der Waals surface area contributed by atoms with Gasteiger partial charge in [-0.3, -0.25) is 4.79 Å². The molecule has 1 amide bonds. The average Bonchev–Trinajstić information content (AvgIpc) is 3.18. The van der Waals surface area contributed by atoms with Crippen LogP contribution in [0, 0.1) is 5.41 Å². The van der Waals surface area contributed by atoms with Gasteiger partial charge in [-0.15, -0.1) is 0 Å². The van der Waals surface area contributed by atoms with Crippen LogP contribution in [-0.2, 0) is 4.79 Å². The van der Waals surface area contributed by atoms with Gasteiger partial charge in [0.25, 0.3) is 0 Å². The molecular formula is C14H17ClN2OS. The fourth-order valence-electron chi connectivity index (χ4n) is 2.17. The molecule has 0 aromatic heterocycles. The van der Waals surface area contributed by atoms with Gasteiger partial charge in [0.1, 0.15) is 0 Å². The quantitative estimate of drug-likeness (QED) is 0.869. The third-order valence-corrected chi connectivity index (χ3v) is 4.53. The van der Waals surface area contributed by atoms with Gasteiger partial charge >= 0.3 is 0 Å². The van der Waals surface area contributed by atoms with E-state index in [0.717, 1.165) is 18.4 Å². The number of thiocarbonyl (C=S) groups is 1. The number of carbonyl (C=O) groups is 1. The fourth-order valence-corrected chi connectivity index (χ4v) is 2.59. The fraction of sp³-hybridized carbons (Fsp3) is 0.429. The van der Waals surface area contributed by atoms with Gasteiger partial charge in [-0.05, 0) is 37.5 Å². The van der Waals surface area contributed by atoms with Gasteiger partial charge in [-0.2, -0.15) is 0 Å². The molecule has 1 aromatic carbocycles. The summed E-state index contributed by atoms with van der Waals surface area (Å²) < 4.78 is 0. The molecule has 1 saturated carbocycles. The van der Waals surface area contributed by atoms with Gasteiger partial charge in [0, 0.05) is 12.1 Å². The second-order valence-electron chi connectivity index (χ2n) is 5.09. The molecule has 0 spiro atoms. The minimum Gasteiger partial charge on any atom is -0.392 e. The molecule has 0 saturated heterocycles. The molecule has 1 fully saturated rings. The van der Waals surface area contributed by atoms with Crippen molar-refractivity contribution in [2.24, 2.45) is 11.1 Å². The van der Waals surface area contributed by atoms with Crippen molar-refractivity contribution in [3.05, 3.63) is 34.9 Å². The number of nitrogens with two attached hydrogens (primary N) is 1. The number of hydrogen-bond acceptors (Lipinski definition) is 2. The zero-order valence-corrected chi connectivity index (χ0v) is 12.6. The molecule has 19 heavy (non-hydrogen) atoms. The molecule has 0 heterocycles. The molecule has 5 heteroatoms. The summed E-state index contributed by atoms with van der Waals surface area (Å²) in [6.07, 6.45) is 1.53. The molecular weight excluding hydrogens is 280 g/mol. The highest BCUT2D eigenvalue weighted by Gasteiger charge is 2.54. The van der Waals surface area contributed by atoms with Crippen LogP contribution in [0.2, 0.25) is 5.02 Å². The highest BCUT2D eigenvalue weighted by Crippen LogP contribution is 2.48. The number of nitrogens with zero attached hydrogens (tertiary/aromatic N) is 1. The molecule has 1 unspecified atom stereocenters. The van der Waals surface area contributed by atoms with Crippen LogP contribution in [-0.4, -0.2) is 22.8 Å². The monoisotopic (exact) mass is 296 g/mol. The Bertz CT molecular complexity index is 511. The predicted octanol–water partition coefficient (Wildman–Crippen LogP) is 2.93. The molecule has 1 aromatic rings. The third kappa shape index (κ3) is 2.60. The maximum atomic E-state index is 12.5. The molecule has 1 aliphatic carbocycles. The van der Waals surface area contributed by atoms with Gasteiger partial charge in [0.05, 0.1) is 16.4 Å². The van der Waals surface area contributed by atoms with E-state index in [2.05, 4.69) is 0 Å². The molecule has 0 aliphatic heterocycles. The minimum atomic E-state index is -0.592. The molecule has 102 valence electrons. The lowest BCUT2D eigenvalue weighted by atomic mass is 10.0. The van der Waals surface area contributed by atoms with Crippen LogP contribution in [0.5, 0.6) is 0 Å². The molecule has 2 rings (SSSR count). The van der Waals surface area contributed by atoms with Crippen molar-refractivity contribution in [1.82, 2.24) is 4.90 Å². The van der Waals surface area contributed by atoms with Gasteiger partial charge in [0.15, 0.2) is 0 Å². The maximum absolute atomic E-state index is 12.5. The number of carbonyl (C=O) groups excluding carboxylic acids is 1. The first-order valence-corrected chi connectivity index (χ1v) is 7.00. The SMILES string of the molecule is CC(c1ccc(Cl)cc1)N(C)C(=O)C1(C(N)=S)CC1. The van der Waals surface area contributed by atoms with Crippen molar-refractivity contribution < 1.29 is 4.79 Å². The minimum absolute atomic E-state index is 0.0162. The molecule has 0 bridgehead atoms. The van der Waals surface area contributed by atoms with Gasteiger partial charge in [-0.25, -0.2) is 0 Å². The van der Waals surface area contributed by atoms with E-state index in [1.165, 1.54) is 0 Å². The van der Waals surface area contributed by atoms with E-state index in [-0.39, 0.29) is 11.9 Å². The lowest BCUT2D eigenvalue weighted by Gasteiger charge is -2.29. The van der Waals surface area contributed by atoms with Crippen LogP contribution in [0.1, 0.15) is 31.4 Å². The Morgan fingerprint density at radius 3 is 2.37 bits per heavy atom. The Morgan fingerprint density at radius 1 is 1.42 bits per heavy atom. The van der Waals surface area contributed by atoms with Gasteiger partial charge < -0.3 is 10.6 Å². The molecule has 1 atom stereocenters. The summed E-state index contributed by atoms with van der Waals surface area (Å²) >= 11 is 10.9. The van der Waals surface area contributed by atoms with Crippen LogP contribution in [0.25, 0.3) is 0 Å². The Labute approximate surface area is 123 Å². The van der Waals surface area contributed by atoms with E-state index in [1.807, 2.05) is 31.2 Å². The van der Waals surface area contributed by atoms with Crippen LogP contribution in [0.3, 0.4) is 0 Å². The number of halogens is 1. The zero-order chi connectivity index (χ0) is 14.2. The van der Waals surface area contributed by atoms with Gasteiger partial charge in [0.2, 0.25) is 5.91 Å². The van der Waals surface area contributed by atoms with E-state index >= 15 is 0 Å². The second kappa shape index (κ2) is 5.10. The van der Waals surface area contributed by atoms with Crippen LogP contribution >= 0.6 is 23.8 Å². The molecule has 3 nitrogen and oxygen atoms in total. The average molecular weight is 297 g/mol. The van der Waals surface area contributed by atoms with Gasteiger partial charge in [-0.1, -0.05) is 36.0 Å². The molecule has 2 N–H and O–H groups in total. The van der Waals surface area contributed by atoms with Crippen molar-refractivity contribution in [2.45, 2.75) is 25.8 Å². The summed E-state index contributed by atoms with van der Waals surface area (Å²) in [7, 11) is 1.79. The standard InChI is InChI=1S/C14H17ClN2OS/c1-9(10-3-5-11(15)6-4-10)17(2)13(18)14(7-8-14)12(16)19/h3-6,9H,7-8H2,1-2H3,(H2,16,19). The van der Waals surface area contributed by atoms with E-state index in [1.54, 1.807) is 11.9 Å². The molecule has 1 aliphatic rings. The number of hydrogen-bond donors (Lipinski definition) is 1. The van der Waals surface area contributed by atoms with Crippen LogP contribution in [0.4, 0.5) is 0 Å². The third-order valence-electron chi connectivity index (χ3n) is 3.88. The first-order chi connectivity index (χ1) is 8.88. The Kier molecular flexibility index (Phi) is 3.83. The largest absolute Gasteiger partial charge is 0.392 e. The smallest absolute Gasteiger partial charge is 0.235 e. The normalized spacial score (nSPS) is 17.6. The van der Waals surface area contributed by atoms with E-state index in [9.17, 15) is 4.79 Å². The van der Waals surface area contributed by atoms with Crippen molar-refractivity contribution in [1.29, 1.82) is 0 Å². The van der Waals surface area contributed by atoms with Crippen molar-refractivity contribution in [3.8, 4) is 0 Å². The van der Waals surface area contributed by atoms with Crippen molar-refractivity contribution in [3.63, 3.8) is 0 Å². The second-order valence-corrected chi connectivity index (χ2v) is 5.97. The molecule has 0 radical (unpaired) electrons. The summed E-state index contributed by atoms with van der Waals surface area (Å²) in [5.41, 5.74) is 6.14. The van der Waals surface area contributed by atoms with E-state index in [4.69, 9.17) is 29.6 Å². The van der Waals surface area contributed by atoms with E-state index in [0.29, 0.717) is 10.0 Å². The summed E-state index contributed by atoms with van der Waals surface area (Å²) in [4.78, 5) is 14.5. The summed E-state index contributed by atoms with van der Waals surface area (Å²) in [6, 6.07) is 7.48. The summed E-state index contributed by atoms with van der Waals surface area (Å²) in [5.74, 6) is 0.0162. The number of rotatable bonds is 4. The topological polar surface area (TPSA) is 46.3 Å². The van der Waals surface area contributed by atoms with Crippen LogP contribution < -0.4 is 5.73 Å². The highest BCUT2D eigenvalue weighted by atomic mass is 35.5. The summed E-state index contributed by atoms with van der Waals surface area (Å²) in [5, 5.41) is 0.687.